The summed E-state index contributed by atoms with van der Waals surface area (Å²) in [5.74, 6) is 0.874. The molecule has 1 saturated heterocycles. The number of amides is 1. The number of ether oxygens (including phenoxy) is 1. The molecule has 4 heteroatoms. The van der Waals surface area contributed by atoms with Gasteiger partial charge in [0.25, 0.3) is 0 Å². The smallest absolute Gasteiger partial charge is 0.224 e. The first-order valence-electron chi connectivity index (χ1n) is 9.66. The molecule has 0 aromatic heterocycles. The van der Waals surface area contributed by atoms with Crippen molar-refractivity contribution in [2.24, 2.45) is 16.7 Å². The summed E-state index contributed by atoms with van der Waals surface area (Å²) in [5.41, 5.74) is 0.629. The van der Waals surface area contributed by atoms with Gasteiger partial charge < -0.3 is 15.0 Å². The Morgan fingerprint density at radius 1 is 1.17 bits per heavy atom. The molecular weight excluding hydrogens is 300 g/mol. The van der Waals surface area contributed by atoms with Crippen LogP contribution in [0.15, 0.2) is 0 Å². The summed E-state index contributed by atoms with van der Waals surface area (Å²) in [5, 5.41) is 3.44. The fourth-order valence-corrected chi connectivity index (χ4v) is 3.01. The number of nitrogens with zero attached hydrogens (tertiary/aromatic N) is 1. The fraction of sp³-hybridized carbons (Fsp3) is 0.950. The third-order valence-electron chi connectivity index (χ3n) is 6.20. The molecule has 1 aliphatic heterocycles. The molecule has 4 nitrogen and oxygen atoms in total. The predicted octanol–water partition coefficient (Wildman–Crippen LogP) is 3.70. The molecule has 0 aliphatic carbocycles. The second kappa shape index (κ2) is 9.19. The summed E-state index contributed by atoms with van der Waals surface area (Å²) in [6.45, 7) is 19.7. The fourth-order valence-electron chi connectivity index (χ4n) is 3.01. The molecule has 0 radical (unpaired) electrons. The highest BCUT2D eigenvalue weighted by Crippen LogP contribution is 2.46. The molecule has 0 saturated carbocycles. The highest BCUT2D eigenvalue weighted by atomic mass is 16.5. The van der Waals surface area contributed by atoms with E-state index in [-0.39, 0.29) is 5.91 Å². The Hall–Kier alpha value is -0.610. The van der Waals surface area contributed by atoms with E-state index >= 15 is 0 Å². The van der Waals surface area contributed by atoms with Crippen molar-refractivity contribution in [3.8, 4) is 0 Å². The lowest BCUT2D eigenvalue weighted by atomic mass is 9.63. The van der Waals surface area contributed by atoms with Crippen molar-refractivity contribution < 1.29 is 9.53 Å². The van der Waals surface area contributed by atoms with E-state index in [0.717, 1.165) is 32.5 Å². The molecule has 0 spiro atoms. The highest BCUT2D eigenvalue weighted by molar-refractivity contribution is 5.76. The van der Waals surface area contributed by atoms with Crippen LogP contribution in [0.4, 0.5) is 0 Å². The number of hydrogen-bond acceptors (Lipinski definition) is 3. The SMILES string of the molecule is CC(C)C(C)NCCOCCC(=O)N1CCC(C)(C(C)(C)C)CC1. The summed E-state index contributed by atoms with van der Waals surface area (Å²) in [6.07, 6.45) is 2.70. The molecule has 1 rings (SSSR count). The number of piperidine rings is 1. The first kappa shape index (κ1) is 21.4. The Balaban J connectivity index is 2.17. The van der Waals surface area contributed by atoms with Gasteiger partial charge >= 0.3 is 0 Å². The predicted molar refractivity (Wildman–Crippen MR) is 101 cm³/mol. The van der Waals surface area contributed by atoms with Crippen molar-refractivity contribution in [2.45, 2.75) is 73.8 Å². The van der Waals surface area contributed by atoms with E-state index in [1.807, 2.05) is 4.90 Å². The van der Waals surface area contributed by atoms with Crippen molar-refractivity contribution in [3.63, 3.8) is 0 Å². The summed E-state index contributed by atoms with van der Waals surface area (Å²) >= 11 is 0. The molecule has 0 aromatic carbocycles. The van der Waals surface area contributed by atoms with Gasteiger partial charge in [0.05, 0.1) is 19.6 Å². The van der Waals surface area contributed by atoms with Gasteiger partial charge in [-0.15, -0.1) is 0 Å². The summed E-state index contributed by atoms with van der Waals surface area (Å²) in [4.78, 5) is 14.3. The number of rotatable bonds is 8. The summed E-state index contributed by atoms with van der Waals surface area (Å²) < 4.78 is 5.61. The van der Waals surface area contributed by atoms with E-state index < -0.39 is 0 Å². The van der Waals surface area contributed by atoms with Crippen LogP contribution in [0.2, 0.25) is 0 Å². The minimum Gasteiger partial charge on any atom is -0.380 e. The van der Waals surface area contributed by atoms with Crippen molar-refractivity contribution in [3.05, 3.63) is 0 Å². The van der Waals surface area contributed by atoms with E-state index in [9.17, 15) is 4.79 Å². The van der Waals surface area contributed by atoms with Crippen LogP contribution in [0.3, 0.4) is 0 Å². The summed E-state index contributed by atoms with van der Waals surface area (Å²) in [6, 6.07) is 0.501. The van der Waals surface area contributed by atoms with Crippen LogP contribution >= 0.6 is 0 Å². The van der Waals surface area contributed by atoms with E-state index in [2.05, 4.69) is 53.8 Å². The quantitative estimate of drug-likeness (QED) is 0.685. The van der Waals surface area contributed by atoms with Crippen LogP contribution in [-0.2, 0) is 9.53 Å². The zero-order chi connectivity index (χ0) is 18.4. The molecule has 1 fully saturated rings. The third kappa shape index (κ3) is 6.36. The lowest BCUT2D eigenvalue weighted by molar-refractivity contribution is -0.135. The molecule has 1 aliphatic rings. The van der Waals surface area contributed by atoms with E-state index in [4.69, 9.17) is 4.74 Å². The number of likely N-dealkylation sites (tertiary alicyclic amines) is 1. The second-order valence-corrected chi connectivity index (χ2v) is 9.04. The number of carbonyl (C=O) groups is 1. The lowest BCUT2D eigenvalue weighted by Crippen LogP contribution is -2.47. The van der Waals surface area contributed by atoms with Crippen molar-refractivity contribution in [1.82, 2.24) is 10.2 Å². The maximum Gasteiger partial charge on any atom is 0.224 e. The van der Waals surface area contributed by atoms with Crippen LogP contribution in [0.5, 0.6) is 0 Å². The first-order valence-corrected chi connectivity index (χ1v) is 9.66. The molecule has 1 N–H and O–H groups in total. The van der Waals surface area contributed by atoms with Crippen LogP contribution < -0.4 is 5.32 Å². The maximum atomic E-state index is 12.3. The van der Waals surface area contributed by atoms with Crippen molar-refractivity contribution in [1.29, 1.82) is 0 Å². The van der Waals surface area contributed by atoms with Crippen LogP contribution in [0.1, 0.15) is 67.7 Å². The third-order valence-corrected chi connectivity index (χ3v) is 6.20. The van der Waals surface area contributed by atoms with Crippen molar-refractivity contribution in [2.75, 3.05) is 32.8 Å². The van der Waals surface area contributed by atoms with E-state index in [0.29, 0.717) is 42.4 Å². The van der Waals surface area contributed by atoms with Gasteiger partial charge in [-0.25, -0.2) is 0 Å². The van der Waals surface area contributed by atoms with Crippen LogP contribution in [0, 0.1) is 16.7 Å². The van der Waals surface area contributed by atoms with Crippen molar-refractivity contribution >= 4 is 5.91 Å². The molecule has 0 bridgehead atoms. The Morgan fingerprint density at radius 3 is 2.25 bits per heavy atom. The van der Waals surface area contributed by atoms with Gasteiger partial charge in [0, 0.05) is 25.7 Å². The molecule has 0 aromatic rings. The van der Waals surface area contributed by atoms with Gasteiger partial charge in [0.1, 0.15) is 0 Å². The van der Waals surface area contributed by atoms with Crippen LogP contribution in [0.25, 0.3) is 0 Å². The minimum atomic E-state index is 0.245. The zero-order valence-electron chi connectivity index (χ0n) is 17.1. The number of hydrogen-bond donors (Lipinski definition) is 1. The second-order valence-electron chi connectivity index (χ2n) is 9.04. The largest absolute Gasteiger partial charge is 0.380 e. The molecule has 1 atom stereocenters. The van der Waals surface area contributed by atoms with Gasteiger partial charge in [-0.1, -0.05) is 41.5 Å². The molecule has 1 unspecified atom stereocenters. The molecule has 1 heterocycles. The first-order chi connectivity index (χ1) is 11.1. The topological polar surface area (TPSA) is 41.6 Å². The average molecular weight is 341 g/mol. The van der Waals surface area contributed by atoms with E-state index in [1.54, 1.807) is 0 Å². The maximum absolute atomic E-state index is 12.3. The van der Waals surface area contributed by atoms with Gasteiger partial charge in [-0.3, -0.25) is 4.79 Å². The Labute approximate surface area is 149 Å². The van der Waals surface area contributed by atoms with Gasteiger partial charge in [0.15, 0.2) is 0 Å². The normalized spacial score (nSPS) is 19.6. The average Bonchev–Trinajstić information content (AvgIpc) is 2.49. The van der Waals surface area contributed by atoms with E-state index in [1.165, 1.54) is 0 Å². The van der Waals surface area contributed by atoms with Gasteiger partial charge in [-0.2, -0.15) is 0 Å². The molecule has 142 valence electrons. The minimum absolute atomic E-state index is 0.245. The van der Waals surface area contributed by atoms with Gasteiger partial charge in [-0.05, 0) is 36.5 Å². The summed E-state index contributed by atoms with van der Waals surface area (Å²) in [7, 11) is 0. The molecular formula is C20H40N2O2. The zero-order valence-corrected chi connectivity index (χ0v) is 17.1. The van der Waals surface area contributed by atoms with Crippen LogP contribution in [-0.4, -0.2) is 49.7 Å². The molecule has 1 amide bonds. The Kier molecular flexibility index (Phi) is 8.21. The monoisotopic (exact) mass is 340 g/mol. The Bertz CT molecular complexity index is 380. The van der Waals surface area contributed by atoms with Gasteiger partial charge in [0.2, 0.25) is 5.91 Å². The molecule has 24 heavy (non-hydrogen) atoms. The number of carbonyl (C=O) groups excluding carboxylic acids is 1. The standard InChI is InChI=1S/C20H40N2O2/c1-16(2)17(3)21-11-15-24-14-8-18(23)22-12-9-20(7,10-13-22)19(4,5)6/h16-17,21H,8-15H2,1-7H3. The highest BCUT2D eigenvalue weighted by Gasteiger charge is 2.40. The number of nitrogens with one attached hydrogen (secondary N) is 1. The lowest BCUT2D eigenvalue weighted by Gasteiger charge is -2.47. The Morgan fingerprint density at radius 2 is 1.75 bits per heavy atom.